The van der Waals surface area contributed by atoms with Crippen molar-refractivity contribution in [2.45, 2.75) is 19.4 Å². The second-order valence-corrected chi connectivity index (χ2v) is 9.39. The number of rotatable bonds is 5. The highest BCUT2D eigenvalue weighted by atomic mass is 32.1. The average molecular weight is 442 g/mol. The maximum atomic E-state index is 12.9. The van der Waals surface area contributed by atoms with Crippen LogP contribution in [0.25, 0.3) is 10.4 Å². The van der Waals surface area contributed by atoms with Gasteiger partial charge < -0.3 is 9.47 Å². The van der Waals surface area contributed by atoms with Gasteiger partial charge in [0.1, 0.15) is 5.75 Å². The molecule has 8 heteroatoms. The first-order valence-corrected chi connectivity index (χ1v) is 11.7. The van der Waals surface area contributed by atoms with E-state index in [0.717, 1.165) is 62.0 Å². The molecule has 3 aromatic rings. The zero-order valence-corrected chi connectivity index (χ0v) is 18.4. The standard InChI is InChI=1S/C22H23N3O3S2/c1-27-17-4-5-18-14(10-17)2-3-15-11-19(30-20(15)18)21(26)24-22-23-16(13-29-22)12-25-6-8-28-9-7-25/h4-5,10-11,13H,2-3,6-9,12H2,1H3,(H,23,24,26). The normalized spacial score (nSPS) is 16.0. The summed E-state index contributed by atoms with van der Waals surface area (Å²) >= 11 is 3.03. The third kappa shape index (κ3) is 4.00. The van der Waals surface area contributed by atoms with Crippen molar-refractivity contribution >= 4 is 33.7 Å². The molecule has 0 radical (unpaired) electrons. The first-order chi connectivity index (χ1) is 14.7. The number of aromatic nitrogens is 1. The largest absolute Gasteiger partial charge is 0.497 e. The number of methoxy groups -OCH3 is 1. The van der Waals surface area contributed by atoms with Crippen LogP contribution in [-0.2, 0) is 24.1 Å². The molecule has 2 aliphatic rings. The van der Waals surface area contributed by atoms with Crippen molar-refractivity contribution in [2.75, 3.05) is 38.7 Å². The lowest BCUT2D eigenvalue weighted by molar-refractivity contribution is 0.0337. The minimum Gasteiger partial charge on any atom is -0.497 e. The minimum atomic E-state index is -0.0864. The third-order valence-electron chi connectivity index (χ3n) is 5.52. The Bertz CT molecular complexity index is 1070. The van der Waals surface area contributed by atoms with Crippen LogP contribution >= 0.6 is 22.7 Å². The Labute approximate surface area is 183 Å². The van der Waals surface area contributed by atoms with E-state index < -0.39 is 0 Å². The number of thiophene rings is 1. The molecule has 156 valence electrons. The summed E-state index contributed by atoms with van der Waals surface area (Å²) < 4.78 is 10.7. The number of benzene rings is 1. The molecule has 3 heterocycles. The SMILES string of the molecule is COc1ccc2c(c1)CCc1cc(C(=O)Nc3nc(CN4CCOCC4)cs3)sc1-2. The van der Waals surface area contributed by atoms with Crippen LogP contribution in [0.3, 0.4) is 0 Å². The molecule has 2 aromatic heterocycles. The van der Waals surface area contributed by atoms with Crippen molar-refractivity contribution in [3.63, 3.8) is 0 Å². The van der Waals surface area contributed by atoms with E-state index in [4.69, 9.17) is 9.47 Å². The predicted molar refractivity (Wildman–Crippen MR) is 120 cm³/mol. The van der Waals surface area contributed by atoms with E-state index in [-0.39, 0.29) is 5.91 Å². The first-order valence-electron chi connectivity index (χ1n) is 10.1. The molecule has 1 fully saturated rings. The van der Waals surface area contributed by atoms with Gasteiger partial charge in [-0.3, -0.25) is 15.0 Å². The summed E-state index contributed by atoms with van der Waals surface area (Å²) in [5, 5.41) is 5.66. The smallest absolute Gasteiger partial charge is 0.267 e. The van der Waals surface area contributed by atoms with Crippen molar-refractivity contribution in [1.29, 1.82) is 0 Å². The highest BCUT2D eigenvalue weighted by Gasteiger charge is 2.22. The number of hydrogen-bond acceptors (Lipinski definition) is 7. The topological polar surface area (TPSA) is 63.7 Å². The van der Waals surface area contributed by atoms with Gasteiger partial charge in [0.15, 0.2) is 5.13 Å². The number of hydrogen-bond donors (Lipinski definition) is 1. The van der Waals surface area contributed by atoms with Gasteiger partial charge in [-0.1, -0.05) is 0 Å². The Hall–Kier alpha value is -2.26. The molecule has 1 aromatic carbocycles. The van der Waals surface area contributed by atoms with E-state index in [2.05, 4.69) is 27.3 Å². The monoisotopic (exact) mass is 441 g/mol. The Balaban J connectivity index is 1.29. The Kier molecular flexibility index (Phi) is 5.56. The number of fused-ring (bicyclic) bond motifs is 3. The lowest BCUT2D eigenvalue weighted by atomic mass is 9.91. The molecule has 0 atom stereocenters. The van der Waals surface area contributed by atoms with Crippen LogP contribution in [0.1, 0.15) is 26.5 Å². The van der Waals surface area contributed by atoms with Crippen LogP contribution < -0.4 is 10.1 Å². The van der Waals surface area contributed by atoms with Gasteiger partial charge in [-0.2, -0.15) is 0 Å². The summed E-state index contributed by atoms with van der Waals surface area (Å²) in [5.74, 6) is 0.792. The van der Waals surface area contributed by atoms with Crippen LogP contribution in [-0.4, -0.2) is 49.2 Å². The summed E-state index contributed by atoms with van der Waals surface area (Å²) in [6.45, 7) is 4.18. The highest BCUT2D eigenvalue weighted by molar-refractivity contribution is 7.18. The van der Waals surface area contributed by atoms with E-state index in [9.17, 15) is 4.79 Å². The lowest BCUT2D eigenvalue weighted by Gasteiger charge is -2.25. The summed E-state index contributed by atoms with van der Waals surface area (Å²) in [6.07, 6.45) is 1.91. The number of aryl methyl sites for hydroxylation is 2. The number of amides is 1. The maximum Gasteiger partial charge on any atom is 0.267 e. The molecular formula is C22H23N3O3S2. The van der Waals surface area contributed by atoms with Gasteiger partial charge in [0, 0.05) is 29.9 Å². The van der Waals surface area contributed by atoms with Gasteiger partial charge in [0.25, 0.3) is 5.91 Å². The first kappa shape index (κ1) is 19.7. The number of carbonyl (C=O) groups is 1. The van der Waals surface area contributed by atoms with E-state index in [1.165, 1.54) is 32.9 Å². The number of nitrogens with one attached hydrogen (secondary N) is 1. The predicted octanol–water partition coefficient (Wildman–Crippen LogP) is 4.06. The van der Waals surface area contributed by atoms with Crippen LogP contribution in [0.2, 0.25) is 0 Å². The second kappa shape index (κ2) is 8.47. The molecule has 6 nitrogen and oxygen atoms in total. The molecular weight excluding hydrogens is 418 g/mol. The van der Waals surface area contributed by atoms with Gasteiger partial charge in [-0.15, -0.1) is 22.7 Å². The minimum absolute atomic E-state index is 0.0864. The van der Waals surface area contributed by atoms with Crippen molar-refractivity contribution in [3.05, 3.63) is 51.3 Å². The third-order valence-corrected chi connectivity index (χ3v) is 7.53. The zero-order valence-electron chi connectivity index (χ0n) is 16.8. The van der Waals surface area contributed by atoms with Gasteiger partial charge in [0.05, 0.1) is 30.9 Å². The van der Waals surface area contributed by atoms with Crippen molar-refractivity contribution in [3.8, 4) is 16.2 Å². The van der Waals surface area contributed by atoms with Crippen LogP contribution in [0.15, 0.2) is 29.6 Å². The van der Waals surface area contributed by atoms with Gasteiger partial charge >= 0.3 is 0 Å². The van der Waals surface area contributed by atoms with Crippen molar-refractivity contribution < 1.29 is 14.3 Å². The summed E-state index contributed by atoms with van der Waals surface area (Å²) in [7, 11) is 1.69. The van der Waals surface area contributed by atoms with E-state index in [1.54, 1.807) is 18.4 Å². The number of anilines is 1. The van der Waals surface area contributed by atoms with Crippen LogP contribution in [0, 0.1) is 0 Å². The fourth-order valence-electron chi connectivity index (χ4n) is 3.93. The molecule has 0 spiro atoms. The van der Waals surface area contributed by atoms with Crippen molar-refractivity contribution in [2.24, 2.45) is 0 Å². The number of morpholine rings is 1. The van der Waals surface area contributed by atoms with Crippen LogP contribution in [0.4, 0.5) is 5.13 Å². The molecule has 0 bridgehead atoms. The number of carbonyl (C=O) groups excluding carboxylic acids is 1. The van der Waals surface area contributed by atoms with Gasteiger partial charge in [-0.25, -0.2) is 4.98 Å². The highest BCUT2D eigenvalue weighted by Crippen LogP contribution is 2.41. The van der Waals surface area contributed by atoms with Gasteiger partial charge in [-0.05, 0) is 53.8 Å². The quantitative estimate of drug-likeness (QED) is 0.647. The van der Waals surface area contributed by atoms with Crippen molar-refractivity contribution in [1.82, 2.24) is 9.88 Å². The van der Waals surface area contributed by atoms with E-state index >= 15 is 0 Å². The Morgan fingerprint density at radius 3 is 2.90 bits per heavy atom. The fourth-order valence-corrected chi connectivity index (χ4v) is 5.80. The molecule has 1 aliphatic carbocycles. The van der Waals surface area contributed by atoms with E-state index in [0.29, 0.717) is 5.13 Å². The summed E-state index contributed by atoms with van der Waals surface area (Å²) in [6, 6.07) is 8.22. The molecule has 0 unspecified atom stereocenters. The van der Waals surface area contributed by atoms with Crippen LogP contribution in [0.5, 0.6) is 5.75 Å². The zero-order chi connectivity index (χ0) is 20.5. The van der Waals surface area contributed by atoms with E-state index in [1.807, 2.05) is 17.5 Å². The molecule has 30 heavy (non-hydrogen) atoms. The molecule has 1 aliphatic heterocycles. The number of nitrogens with zero attached hydrogens (tertiary/aromatic N) is 2. The molecule has 1 amide bonds. The fraction of sp³-hybridized carbons (Fsp3) is 0.364. The molecule has 0 saturated carbocycles. The molecule has 1 saturated heterocycles. The Morgan fingerprint density at radius 2 is 2.07 bits per heavy atom. The molecule has 5 rings (SSSR count). The Morgan fingerprint density at radius 1 is 1.23 bits per heavy atom. The summed E-state index contributed by atoms with van der Waals surface area (Å²) in [5.41, 5.74) is 4.73. The molecule has 1 N–H and O–H groups in total. The lowest BCUT2D eigenvalue weighted by Crippen LogP contribution is -2.35. The second-order valence-electron chi connectivity index (χ2n) is 7.47. The summed E-state index contributed by atoms with van der Waals surface area (Å²) in [4.78, 5) is 21.7. The average Bonchev–Trinajstić information content (AvgIpc) is 3.41. The maximum absolute atomic E-state index is 12.9. The number of thiazole rings is 1. The van der Waals surface area contributed by atoms with Gasteiger partial charge in [0.2, 0.25) is 0 Å². The number of ether oxygens (including phenoxy) is 2.